The molecule has 0 aliphatic carbocycles. The zero-order valence-electron chi connectivity index (χ0n) is 13.8. The molecule has 0 bridgehead atoms. The molecule has 4 N–H and O–H groups in total. The number of nitrogens with zero attached hydrogens (tertiary/aromatic N) is 2. The van der Waals surface area contributed by atoms with Crippen LogP contribution in [0.25, 0.3) is 5.69 Å². The lowest BCUT2D eigenvalue weighted by molar-refractivity contribution is -0.155. The number of carbonyl (C=O) groups excluding carboxylic acids is 1. The van der Waals surface area contributed by atoms with Crippen LogP contribution in [0.3, 0.4) is 0 Å². The fourth-order valence-corrected chi connectivity index (χ4v) is 2.24. The number of aliphatic hydroxyl groups is 1. The van der Waals surface area contributed by atoms with Gasteiger partial charge in [-0.1, -0.05) is 18.5 Å². The molecule has 2 aromatic rings. The predicted molar refractivity (Wildman–Crippen MR) is 93.2 cm³/mol. The molecule has 0 saturated carbocycles. The van der Waals surface area contributed by atoms with Crippen LogP contribution in [0.15, 0.2) is 30.5 Å². The summed E-state index contributed by atoms with van der Waals surface area (Å²) in [6.45, 7) is 2.59. The van der Waals surface area contributed by atoms with Crippen molar-refractivity contribution in [3.8, 4) is 5.69 Å². The third-order valence-electron chi connectivity index (χ3n) is 3.58. The minimum atomic E-state index is -2.04. The van der Waals surface area contributed by atoms with Gasteiger partial charge < -0.3 is 20.8 Å². The molecule has 1 aromatic heterocycles. The average molecular weight is 367 g/mol. The van der Waals surface area contributed by atoms with E-state index in [2.05, 4.69) is 15.7 Å². The van der Waals surface area contributed by atoms with E-state index in [9.17, 15) is 14.7 Å². The minimum Gasteiger partial charge on any atom is -0.479 e. The lowest BCUT2D eigenvalue weighted by Gasteiger charge is -2.18. The van der Waals surface area contributed by atoms with Gasteiger partial charge in [0.2, 0.25) is 0 Å². The maximum Gasteiger partial charge on any atom is 0.337 e. The van der Waals surface area contributed by atoms with Crippen LogP contribution in [0.4, 0.5) is 10.5 Å². The standard InChI is InChI=1S/C16H19ClN4O4/c1-3-13-12(20-15(24)18-9-16(2,25)14(22)23)8-19-21(13)11-6-4-10(17)5-7-11/h4-8,25H,3,9H2,1-2H3,(H,22,23)(H2,18,20,24). The third-order valence-corrected chi connectivity index (χ3v) is 3.83. The molecule has 1 heterocycles. The van der Waals surface area contributed by atoms with Crippen LogP contribution >= 0.6 is 11.6 Å². The summed E-state index contributed by atoms with van der Waals surface area (Å²) in [6, 6.07) is 6.47. The van der Waals surface area contributed by atoms with Crippen molar-refractivity contribution in [2.75, 3.05) is 11.9 Å². The fourth-order valence-electron chi connectivity index (χ4n) is 2.12. The molecule has 0 spiro atoms. The highest BCUT2D eigenvalue weighted by atomic mass is 35.5. The predicted octanol–water partition coefficient (Wildman–Crippen LogP) is 2.05. The summed E-state index contributed by atoms with van der Waals surface area (Å²) >= 11 is 5.88. The van der Waals surface area contributed by atoms with Crippen molar-refractivity contribution in [3.63, 3.8) is 0 Å². The first-order valence-electron chi connectivity index (χ1n) is 7.58. The summed E-state index contributed by atoms with van der Waals surface area (Å²) in [5.74, 6) is -1.42. The molecule has 1 aromatic carbocycles. The monoisotopic (exact) mass is 366 g/mol. The van der Waals surface area contributed by atoms with E-state index < -0.39 is 24.1 Å². The van der Waals surface area contributed by atoms with E-state index in [0.717, 1.165) is 18.3 Å². The second-order valence-electron chi connectivity index (χ2n) is 5.63. The molecule has 0 saturated heterocycles. The van der Waals surface area contributed by atoms with E-state index in [4.69, 9.17) is 16.7 Å². The molecule has 134 valence electrons. The van der Waals surface area contributed by atoms with Gasteiger partial charge in [-0.3, -0.25) is 0 Å². The Morgan fingerprint density at radius 1 is 1.32 bits per heavy atom. The average Bonchev–Trinajstić information content (AvgIpc) is 2.96. The van der Waals surface area contributed by atoms with Gasteiger partial charge in [-0.15, -0.1) is 0 Å². The number of hydrogen-bond acceptors (Lipinski definition) is 4. The fraction of sp³-hybridized carbons (Fsp3) is 0.312. The largest absolute Gasteiger partial charge is 0.479 e. The van der Waals surface area contributed by atoms with Crippen LogP contribution in [0, 0.1) is 0 Å². The summed E-state index contributed by atoms with van der Waals surface area (Å²) < 4.78 is 1.68. The number of nitrogens with one attached hydrogen (secondary N) is 2. The van der Waals surface area contributed by atoms with Gasteiger partial charge in [0, 0.05) is 5.02 Å². The van der Waals surface area contributed by atoms with Gasteiger partial charge in [0.1, 0.15) is 0 Å². The Balaban J connectivity index is 2.11. The van der Waals surface area contributed by atoms with Crippen LogP contribution in [0.5, 0.6) is 0 Å². The Morgan fingerprint density at radius 2 is 1.96 bits per heavy atom. The zero-order chi connectivity index (χ0) is 18.6. The number of carboxylic acids is 1. The number of anilines is 1. The van der Waals surface area contributed by atoms with Crippen molar-refractivity contribution in [2.45, 2.75) is 25.9 Å². The molecule has 2 amide bonds. The number of aliphatic carboxylic acids is 1. The topological polar surface area (TPSA) is 116 Å². The van der Waals surface area contributed by atoms with Crippen LogP contribution < -0.4 is 10.6 Å². The number of benzene rings is 1. The van der Waals surface area contributed by atoms with E-state index in [1.165, 1.54) is 6.20 Å². The van der Waals surface area contributed by atoms with Crippen LogP contribution in [0.1, 0.15) is 19.5 Å². The highest BCUT2D eigenvalue weighted by molar-refractivity contribution is 6.30. The van der Waals surface area contributed by atoms with E-state index in [1.54, 1.807) is 16.8 Å². The number of rotatable bonds is 6. The summed E-state index contributed by atoms with van der Waals surface area (Å²) in [6.07, 6.45) is 2.10. The second kappa shape index (κ2) is 7.54. The Hall–Kier alpha value is -2.58. The van der Waals surface area contributed by atoms with Gasteiger partial charge in [-0.05, 0) is 37.6 Å². The number of carbonyl (C=O) groups is 2. The maximum absolute atomic E-state index is 12.0. The van der Waals surface area contributed by atoms with Crippen molar-refractivity contribution in [1.29, 1.82) is 0 Å². The third kappa shape index (κ3) is 4.49. The minimum absolute atomic E-state index is 0.430. The molecule has 8 nitrogen and oxygen atoms in total. The van der Waals surface area contributed by atoms with E-state index >= 15 is 0 Å². The Morgan fingerprint density at radius 3 is 2.52 bits per heavy atom. The van der Waals surface area contributed by atoms with E-state index in [-0.39, 0.29) is 0 Å². The first-order valence-corrected chi connectivity index (χ1v) is 7.96. The van der Waals surface area contributed by atoms with E-state index in [0.29, 0.717) is 17.1 Å². The summed E-state index contributed by atoms with van der Waals surface area (Å²) in [5.41, 5.74) is 0.00852. The van der Waals surface area contributed by atoms with Crippen LogP contribution in [-0.4, -0.2) is 44.1 Å². The Kier molecular flexibility index (Phi) is 5.66. The maximum atomic E-state index is 12.0. The number of hydrogen-bond donors (Lipinski definition) is 4. The van der Waals surface area contributed by atoms with Gasteiger partial charge in [-0.25, -0.2) is 14.3 Å². The molecule has 0 radical (unpaired) electrons. The number of urea groups is 1. The highest BCUT2D eigenvalue weighted by Gasteiger charge is 2.30. The molecule has 25 heavy (non-hydrogen) atoms. The molecule has 9 heteroatoms. The Bertz CT molecular complexity index is 771. The molecule has 0 aliphatic rings. The Labute approximate surface area is 149 Å². The van der Waals surface area contributed by atoms with Crippen molar-refractivity contribution < 1.29 is 19.8 Å². The number of aromatic nitrogens is 2. The molecule has 0 fully saturated rings. The van der Waals surface area contributed by atoms with Gasteiger partial charge in [0.05, 0.1) is 29.8 Å². The quantitative estimate of drug-likeness (QED) is 0.624. The number of halogens is 1. The zero-order valence-corrected chi connectivity index (χ0v) is 14.5. The SMILES string of the molecule is CCc1c(NC(=O)NCC(C)(O)C(=O)O)cnn1-c1ccc(Cl)cc1. The highest BCUT2D eigenvalue weighted by Crippen LogP contribution is 2.21. The first kappa shape index (κ1) is 18.8. The number of amides is 2. The summed E-state index contributed by atoms with van der Waals surface area (Å²) in [7, 11) is 0. The van der Waals surface area contributed by atoms with Crippen molar-refractivity contribution >= 4 is 29.3 Å². The number of carboxylic acid groups (broad SMARTS) is 1. The van der Waals surface area contributed by atoms with Gasteiger partial charge in [0.15, 0.2) is 5.60 Å². The smallest absolute Gasteiger partial charge is 0.337 e. The molecular formula is C16H19ClN4O4. The van der Waals surface area contributed by atoms with Crippen molar-refractivity contribution in [2.24, 2.45) is 0 Å². The molecule has 1 atom stereocenters. The second-order valence-corrected chi connectivity index (χ2v) is 6.07. The lowest BCUT2D eigenvalue weighted by Crippen LogP contribution is -2.47. The molecule has 0 aliphatic heterocycles. The molecular weight excluding hydrogens is 348 g/mol. The lowest BCUT2D eigenvalue weighted by atomic mass is 10.1. The van der Waals surface area contributed by atoms with Gasteiger partial charge in [-0.2, -0.15) is 5.10 Å². The summed E-state index contributed by atoms with van der Waals surface area (Å²) in [5, 5.41) is 28.3. The van der Waals surface area contributed by atoms with Gasteiger partial charge in [0.25, 0.3) is 0 Å². The van der Waals surface area contributed by atoms with E-state index in [1.807, 2.05) is 19.1 Å². The molecule has 1 unspecified atom stereocenters. The van der Waals surface area contributed by atoms with Crippen molar-refractivity contribution in [1.82, 2.24) is 15.1 Å². The summed E-state index contributed by atoms with van der Waals surface area (Å²) in [4.78, 5) is 22.8. The van der Waals surface area contributed by atoms with Crippen molar-refractivity contribution in [3.05, 3.63) is 41.2 Å². The van der Waals surface area contributed by atoms with Crippen LogP contribution in [0.2, 0.25) is 5.02 Å². The van der Waals surface area contributed by atoms with Crippen LogP contribution in [-0.2, 0) is 11.2 Å². The van der Waals surface area contributed by atoms with Gasteiger partial charge >= 0.3 is 12.0 Å². The normalized spacial score (nSPS) is 13.1. The molecule has 2 rings (SSSR count). The first-order chi connectivity index (χ1) is 11.7.